The first-order valence-electron chi connectivity index (χ1n) is 17.6. The molecule has 0 bridgehead atoms. The number of carbonyl (C=O) groups excluding carboxylic acids is 1. The molecule has 0 saturated heterocycles. The van der Waals surface area contributed by atoms with Crippen LogP contribution in [0.25, 0.3) is 0 Å². The summed E-state index contributed by atoms with van der Waals surface area (Å²) in [7, 11) is 0. The van der Waals surface area contributed by atoms with Crippen LogP contribution in [-0.2, 0) is 4.74 Å². The smallest absolute Gasteiger partial charge is 0.338 e. The lowest BCUT2D eigenvalue weighted by atomic mass is 10.0. The Morgan fingerprint density at radius 2 is 0.718 bits per heavy atom. The van der Waals surface area contributed by atoms with E-state index < -0.39 is 0 Å². The summed E-state index contributed by atoms with van der Waals surface area (Å²) >= 11 is 0. The monoisotopic (exact) mass is 543 g/mol. The molecule has 2 heteroatoms. The number of carbonyl (C=O) groups is 1. The second kappa shape index (κ2) is 29.7. The molecule has 0 saturated carbocycles. The fourth-order valence-electron chi connectivity index (χ4n) is 5.59. The van der Waals surface area contributed by atoms with E-state index in [1.54, 1.807) is 0 Å². The van der Waals surface area contributed by atoms with E-state index >= 15 is 0 Å². The summed E-state index contributed by atoms with van der Waals surface area (Å²) in [5.41, 5.74) is 0.651. The molecule has 226 valence electrons. The summed E-state index contributed by atoms with van der Waals surface area (Å²) in [6.07, 6.45) is 39.5. The standard InChI is InChI=1S/C37H66O2/c1-2-3-4-5-6-7-8-9-10-11-12-13-14-15-16-17-18-19-20-21-22-23-24-25-26-27-28-32-35-39-37(38)36-33-30-29-31-34-36/h29-31,33-34H,2-28,32,35H2,1H3. The lowest BCUT2D eigenvalue weighted by Gasteiger charge is -2.05. The van der Waals surface area contributed by atoms with Gasteiger partial charge in [0.15, 0.2) is 0 Å². The topological polar surface area (TPSA) is 26.3 Å². The number of ether oxygens (including phenoxy) is 1. The van der Waals surface area contributed by atoms with Crippen molar-refractivity contribution in [2.24, 2.45) is 0 Å². The maximum atomic E-state index is 11.9. The van der Waals surface area contributed by atoms with Crippen molar-refractivity contribution in [1.29, 1.82) is 0 Å². The van der Waals surface area contributed by atoms with Gasteiger partial charge in [0.2, 0.25) is 0 Å². The summed E-state index contributed by atoms with van der Waals surface area (Å²) < 4.78 is 5.35. The largest absolute Gasteiger partial charge is 0.462 e. The van der Waals surface area contributed by atoms with Gasteiger partial charge >= 0.3 is 5.97 Å². The Morgan fingerprint density at radius 1 is 0.436 bits per heavy atom. The summed E-state index contributed by atoms with van der Waals surface area (Å²) in [5, 5.41) is 0. The second-order valence-electron chi connectivity index (χ2n) is 12.0. The number of benzene rings is 1. The Labute approximate surface area is 244 Å². The minimum absolute atomic E-state index is 0.194. The van der Waals surface area contributed by atoms with Gasteiger partial charge in [-0.15, -0.1) is 0 Å². The van der Waals surface area contributed by atoms with Crippen LogP contribution in [0, 0.1) is 0 Å². The zero-order valence-electron chi connectivity index (χ0n) is 26.2. The number of hydrogen-bond donors (Lipinski definition) is 0. The molecule has 0 aliphatic heterocycles. The van der Waals surface area contributed by atoms with Crippen molar-refractivity contribution in [2.45, 2.75) is 187 Å². The number of esters is 1. The molecule has 0 fully saturated rings. The highest BCUT2D eigenvalue weighted by Gasteiger charge is 2.05. The zero-order valence-corrected chi connectivity index (χ0v) is 26.2. The molecule has 0 aliphatic carbocycles. The third kappa shape index (κ3) is 25.4. The van der Waals surface area contributed by atoms with E-state index in [-0.39, 0.29) is 5.97 Å². The average Bonchev–Trinajstić information content (AvgIpc) is 2.96. The van der Waals surface area contributed by atoms with Gasteiger partial charge in [-0.3, -0.25) is 0 Å². The molecule has 0 aromatic heterocycles. The number of rotatable bonds is 30. The highest BCUT2D eigenvalue weighted by Crippen LogP contribution is 2.16. The molecule has 0 spiro atoms. The Balaban J connectivity index is 1.65. The first-order valence-corrected chi connectivity index (χ1v) is 17.6. The van der Waals surface area contributed by atoms with Gasteiger partial charge in [0.05, 0.1) is 12.2 Å². The highest BCUT2D eigenvalue weighted by molar-refractivity contribution is 5.89. The third-order valence-electron chi connectivity index (χ3n) is 8.24. The Morgan fingerprint density at radius 3 is 1.03 bits per heavy atom. The number of unbranched alkanes of at least 4 members (excludes halogenated alkanes) is 27. The average molecular weight is 543 g/mol. The van der Waals surface area contributed by atoms with E-state index in [9.17, 15) is 4.79 Å². The lowest BCUT2D eigenvalue weighted by molar-refractivity contribution is 0.0497. The van der Waals surface area contributed by atoms with Crippen LogP contribution in [0.4, 0.5) is 0 Å². The van der Waals surface area contributed by atoms with Crippen LogP contribution in [-0.4, -0.2) is 12.6 Å². The van der Waals surface area contributed by atoms with Crippen molar-refractivity contribution < 1.29 is 9.53 Å². The SMILES string of the molecule is CCCCCCCCCCCCCCCCCCCCCCCCCCCCCCOC(=O)c1ccccc1. The summed E-state index contributed by atoms with van der Waals surface area (Å²) in [5.74, 6) is -0.194. The first-order chi connectivity index (χ1) is 19.3. The van der Waals surface area contributed by atoms with Crippen LogP contribution >= 0.6 is 0 Å². The van der Waals surface area contributed by atoms with Crippen molar-refractivity contribution >= 4 is 5.97 Å². The highest BCUT2D eigenvalue weighted by atomic mass is 16.5. The van der Waals surface area contributed by atoms with Crippen molar-refractivity contribution in [3.05, 3.63) is 35.9 Å². The maximum absolute atomic E-state index is 11.9. The van der Waals surface area contributed by atoms with Gasteiger partial charge in [-0.25, -0.2) is 4.79 Å². The van der Waals surface area contributed by atoms with E-state index in [1.165, 1.54) is 173 Å². The van der Waals surface area contributed by atoms with E-state index in [2.05, 4.69) is 6.92 Å². The molecular weight excluding hydrogens is 476 g/mol. The molecule has 0 atom stereocenters. The normalized spacial score (nSPS) is 11.2. The molecule has 1 rings (SSSR count). The van der Waals surface area contributed by atoms with Gasteiger partial charge in [0, 0.05) is 0 Å². The van der Waals surface area contributed by atoms with Crippen LogP contribution in [0.3, 0.4) is 0 Å². The quantitative estimate of drug-likeness (QED) is 0.0713. The molecule has 0 aliphatic rings. The van der Waals surface area contributed by atoms with Gasteiger partial charge in [0.1, 0.15) is 0 Å². The summed E-state index contributed by atoms with van der Waals surface area (Å²) in [6, 6.07) is 9.28. The minimum atomic E-state index is -0.194. The zero-order chi connectivity index (χ0) is 27.9. The van der Waals surface area contributed by atoms with Gasteiger partial charge < -0.3 is 4.74 Å². The van der Waals surface area contributed by atoms with Crippen molar-refractivity contribution in [2.75, 3.05) is 6.61 Å². The number of hydrogen-bond acceptors (Lipinski definition) is 2. The van der Waals surface area contributed by atoms with Crippen LogP contribution in [0.5, 0.6) is 0 Å². The first kappa shape index (κ1) is 35.7. The van der Waals surface area contributed by atoms with Crippen LogP contribution in [0.2, 0.25) is 0 Å². The van der Waals surface area contributed by atoms with Crippen molar-refractivity contribution in [3.63, 3.8) is 0 Å². The van der Waals surface area contributed by atoms with E-state index in [0.29, 0.717) is 12.2 Å². The predicted molar refractivity (Wildman–Crippen MR) is 172 cm³/mol. The minimum Gasteiger partial charge on any atom is -0.462 e. The molecule has 0 radical (unpaired) electrons. The molecule has 1 aromatic carbocycles. The van der Waals surface area contributed by atoms with Gasteiger partial charge in [-0.05, 0) is 18.6 Å². The Kier molecular flexibility index (Phi) is 27.2. The van der Waals surface area contributed by atoms with Gasteiger partial charge in [0.25, 0.3) is 0 Å². The summed E-state index contributed by atoms with van der Waals surface area (Å²) in [6.45, 7) is 2.85. The molecule has 2 nitrogen and oxygen atoms in total. The second-order valence-corrected chi connectivity index (χ2v) is 12.0. The molecule has 0 amide bonds. The van der Waals surface area contributed by atoms with E-state index in [0.717, 1.165) is 6.42 Å². The molecule has 0 N–H and O–H groups in total. The molecule has 0 heterocycles. The third-order valence-corrected chi connectivity index (χ3v) is 8.24. The van der Waals surface area contributed by atoms with E-state index in [4.69, 9.17) is 4.74 Å². The Hall–Kier alpha value is -1.31. The van der Waals surface area contributed by atoms with E-state index in [1.807, 2.05) is 30.3 Å². The lowest BCUT2D eigenvalue weighted by Crippen LogP contribution is -2.06. The van der Waals surface area contributed by atoms with Crippen molar-refractivity contribution in [1.82, 2.24) is 0 Å². The van der Waals surface area contributed by atoms with Crippen LogP contribution in [0.15, 0.2) is 30.3 Å². The Bertz CT molecular complexity index is 611. The molecule has 0 unspecified atom stereocenters. The summed E-state index contributed by atoms with van der Waals surface area (Å²) in [4.78, 5) is 11.9. The fraction of sp³-hybridized carbons (Fsp3) is 0.811. The van der Waals surface area contributed by atoms with Gasteiger partial charge in [-0.1, -0.05) is 198 Å². The molecular formula is C37H66O2. The van der Waals surface area contributed by atoms with Crippen LogP contribution < -0.4 is 0 Å². The predicted octanol–water partition coefficient (Wildman–Crippen LogP) is 12.8. The molecule has 1 aromatic rings. The van der Waals surface area contributed by atoms with Gasteiger partial charge in [-0.2, -0.15) is 0 Å². The van der Waals surface area contributed by atoms with Crippen molar-refractivity contribution in [3.8, 4) is 0 Å². The molecule has 39 heavy (non-hydrogen) atoms. The fourth-order valence-corrected chi connectivity index (χ4v) is 5.59. The van der Waals surface area contributed by atoms with Crippen LogP contribution in [0.1, 0.15) is 197 Å². The maximum Gasteiger partial charge on any atom is 0.338 e.